The van der Waals surface area contributed by atoms with Gasteiger partial charge in [0.05, 0.1) is 18.1 Å². The van der Waals surface area contributed by atoms with E-state index in [1.54, 1.807) is 30.5 Å². The normalized spacial score (nSPS) is 14.8. The number of sulfone groups is 1. The molecule has 1 aliphatic rings. The maximum atomic E-state index is 11.8. The quantitative estimate of drug-likeness (QED) is 0.399. The molecule has 0 atom stereocenters. The Morgan fingerprint density at radius 2 is 1.89 bits per heavy atom. The van der Waals surface area contributed by atoms with Gasteiger partial charge < -0.3 is 19.4 Å². The van der Waals surface area contributed by atoms with E-state index in [-0.39, 0.29) is 4.90 Å². The number of anilines is 2. The number of nitrogens with zero attached hydrogens (tertiary/aromatic N) is 4. The van der Waals surface area contributed by atoms with Gasteiger partial charge >= 0.3 is 0 Å². The number of fused-ring (bicyclic) bond motifs is 1. The van der Waals surface area contributed by atoms with Crippen LogP contribution in [0.15, 0.2) is 71.9 Å². The SMILES string of the molecule is CS(=O)(=O)c1ccc(-n2ccc3cnc(Nc4cccc(OCCN5CCOCC5)c4)nc32)cc1. The molecule has 1 N–H and O–H groups in total. The van der Waals surface area contributed by atoms with Crippen LogP contribution >= 0.6 is 0 Å². The summed E-state index contributed by atoms with van der Waals surface area (Å²) in [6.07, 6.45) is 4.85. The van der Waals surface area contributed by atoms with Crippen LogP contribution in [0.3, 0.4) is 0 Å². The van der Waals surface area contributed by atoms with E-state index in [2.05, 4.69) is 15.2 Å². The smallest absolute Gasteiger partial charge is 0.229 e. The van der Waals surface area contributed by atoms with Crippen LogP contribution in [0.25, 0.3) is 16.7 Å². The third kappa shape index (κ3) is 5.61. The van der Waals surface area contributed by atoms with E-state index in [0.717, 1.165) is 55.4 Å². The van der Waals surface area contributed by atoms with Gasteiger partial charge in [-0.3, -0.25) is 4.90 Å². The molecule has 1 saturated heterocycles. The van der Waals surface area contributed by atoms with Crippen LogP contribution in [0, 0.1) is 0 Å². The van der Waals surface area contributed by atoms with Crippen molar-refractivity contribution >= 4 is 32.5 Å². The van der Waals surface area contributed by atoms with Crippen LogP contribution in [0.5, 0.6) is 5.75 Å². The molecule has 0 spiro atoms. The fraction of sp³-hybridized carbons (Fsp3) is 0.280. The van der Waals surface area contributed by atoms with Crippen LogP contribution < -0.4 is 10.1 Å². The zero-order valence-electron chi connectivity index (χ0n) is 19.4. The van der Waals surface area contributed by atoms with E-state index in [4.69, 9.17) is 14.5 Å². The van der Waals surface area contributed by atoms with Crippen molar-refractivity contribution in [3.05, 3.63) is 67.0 Å². The molecule has 2 aromatic carbocycles. The van der Waals surface area contributed by atoms with Gasteiger partial charge in [-0.25, -0.2) is 13.4 Å². The van der Waals surface area contributed by atoms with E-state index in [1.807, 2.05) is 41.1 Å². The van der Waals surface area contributed by atoms with Crippen LogP contribution in [0.1, 0.15) is 0 Å². The molecule has 1 aliphatic heterocycles. The number of rotatable bonds is 8. The topological polar surface area (TPSA) is 98.6 Å². The van der Waals surface area contributed by atoms with Gasteiger partial charge in [-0.1, -0.05) is 6.07 Å². The van der Waals surface area contributed by atoms with Crippen molar-refractivity contribution in [3.63, 3.8) is 0 Å². The Hall–Kier alpha value is -3.47. The van der Waals surface area contributed by atoms with Gasteiger partial charge in [0.15, 0.2) is 9.84 Å². The van der Waals surface area contributed by atoms with Gasteiger partial charge in [-0.2, -0.15) is 4.98 Å². The van der Waals surface area contributed by atoms with E-state index >= 15 is 0 Å². The summed E-state index contributed by atoms with van der Waals surface area (Å²) in [4.78, 5) is 11.7. The predicted octanol–water partition coefficient (Wildman–Crippen LogP) is 3.28. The summed E-state index contributed by atoms with van der Waals surface area (Å²) in [5.74, 6) is 1.23. The fourth-order valence-electron chi connectivity index (χ4n) is 3.95. The van der Waals surface area contributed by atoms with Gasteiger partial charge in [0.25, 0.3) is 0 Å². The molecule has 10 heteroatoms. The van der Waals surface area contributed by atoms with Crippen molar-refractivity contribution in [2.24, 2.45) is 0 Å². The van der Waals surface area contributed by atoms with E-state index < -0.39 is 9.84 Å². The fourth-order valence-corrected chi connectivity index (χ4v) is 4.58. The summed E-state index contributed by atoms with van der Waals surface area (Å²) >= 11 is 0. The Labute approximate surface area is 204 Å². The van der Waals surface area contributed by atoms with Gasteiger partial charge in [0.1, 0.15) is 18.0 Å². The van der Waals surface area contributed by atoms with Crippen molar-refractivity contribution in [1.82, 2.24) is 19.4 Å². The number of hydrogen-bond acceptors (Lipinski definition) is 8. The first-order chi connectivity index (χ1) is 17.0. The van der Waals surface area contributed by atoms with Crippen molar-refractivity contribution in [1.29, 1.82) is 0 Å². The average Bonchev–Trinajstić information content (AvgIpc) is 3.28. The molecule has 0 saturated carbocycles. The highest BCUT2D eigenvalue weighted by Crippen LogP contribution is 2.24. The molecule has 35 heavy (non-hydrogen) atoms. The molecule has 0 amide bonds. The lowest BCUT2D eigenvalue weighted by molar-refractivity contribution is 0.0322. The molecule has 9 nitrogen and oxygen atoms in total. The number of ether oxygens (including phenoxy) is 2. The number of benzene rings is 2. The molecule has 0 aliphatic carbocycles. The first kappa shape index (κ1) is 23.3. The molecule has 5 rings (SSSR count). The molecule has 182 valence electrons. The second-order valence-electron chi connectivity index (χ2n) is 8.38. The van der Waals surface area contributed by atoms with Crippen molar-refractivity contribution < 1.29 is 17.9 Å². The largest absolute Gasteiger partial charge is 0.492 e. The minimum absolute atomic E-state index is 0.279. The monoisotopic (exact) mass is 493 g/mol. The summed E-state index contributed by atoms with van der Waals surface area (Å²) < 4.78 is 36.8. The van der Waals surface area contributed by atoms with Gasteiger partial charge in [-0.05, 0) is 42.5 Å². The minimum Gasteiger partial charge on any atom is -0.492 e. The van der Waals surface area contributed by atoms with E-state index in [0.29, 0.717) is 18.2 Å². The molecule has 0 unspecified atom stereocenters. The molecular formula is C25H27N5O4S. The first-order valence-corrected chi connectivity index (χ1v) is 13.3. The molecule has 4 aromatic rings. The molecular weight excluding hydrogens is 466 g/mol. The Kier molecular flexibility index (Phi) is 6.67. The molecule has 0 radical (unpaired) electrons. The minimum atomic E-state index is -3.25. The zero-order valence-corrected chi connectivity index (χ0v) is 20.2. The van der Waals surface area contributed by atoms with Crippen LogP contribution in [0.4, 0.5) is 11.6 Å². The van der Waals surface area contributed by atoms with Crippen molar-refractivity contribution in [3.8, 4) is 11.4 Å². The summed E-state index contributed by atoms with van der Waals surface area (Å²) in [5.41, 5.74) is 2.35. The summed E-state index contributed by atoms with van der Waals surface area (Å²) in [5, 5.41) is 4.13. The molecule has 3 heterocycles. The molecule has 1 fully saturated rings. The standard InChI is InChI=1S/C25H27N5O4S/c1-35(31,32)23-7-5-21(6-8-23)30-10-9-19-18-26-25(28-24(19)30)27-20-3-2-4-22(17-20)34-16-13-29-11-14-33-15-12-29/h2-10,17-18H,11-16H2,1H3,(H,26,27,28). The second kappa shape index (κ2) is 10.0. The van der Waals surface area contributed by atoms with E-state index in [1.165, 1.54) is 6.26 Å². The Bertz CT molecular complexity index is 1410. The van der Waals surface area contributed by atoms with Crippen molar-refractivity contribution in [2.45, 2.75) is 4.90 Å². The summed E-state index contributed by atoms with van der Waals surface area (Å²) in [6, 6.07) is 16.4. The predicted molar refractivity (Wildman–Crippen MR) is 134 cm³/mol. The number of nitrogens with one attached hydrogen (secondary N) is 1. The average molecular weight is 494 g/mol. The Morgan fingerprint density at radius 1 is 1.09 bits per heavy atom. The third-order valence-corrected chi connectivity index (χ3v) is 6.97. The second-order valence-corrected chi connectivity index (χ2v) is 10.4. The maximum absolute atomic E-state index is 11.8. The van der Waals surface area contributed by atoms with Crippen molar-refractivity contribution in [2.75, 3.05) is 51.0 Å². The van der Waals surface area contributed by atoms with Crippen LogP contribution in [-0.2, 0) is 14.6 Å². The van der Waals surface area contributed by atoms with Gasteiger partial charge in [0.2, 0.25) is 5.95 Å². The molecule has 2 aromatic heterocycles. The van der Waals surface area contributed by atoms with Crippen LogP contribution in [0.2, 0.25) is 0 Å². The highest BCUT2D eigenvalue weighted by Gasteiger charge is 2.12. The Balaban J connectivity index is 1.29. The lowest BCUT2D eigenvalue weighted by Crippen LogP contribution is -2.38. The number of aromatic nitrogens is 3. The van der Waals surface area contributed by atoms with E-state index in [9.17, 15) is 8.42 Å². The number of hydrogen-bond donors (Lipinski definition) is 1. The molecule has 0 bridgehead atoms. The summed E-state index contributed by atoms with van der Waals surface area (Å²) in [7, 11) is -3.25. The van der Waals surface area contributed by atoms with Crippen LogP contribution in [-0.4, -0.2) is 73.6 Å². The maximum Gasteiger partial charge on any atom is 0.229 e. The Morgan fingerprint density at radius 3 is 2.66 bits per heavy atom. The highest BCUT2D eigenvalue weighted by atomic mass is 32.2. The highest BCUT2D eigenvalue weighted by molar-refractivity contribution is 7.90. The van der Waals surface area contributed by atoms with Gasteiger partial charge in [-0.15, -0.1) is 0 Å². The lowest BCUT2D eigenvalue weighted by atomic mass is 10.3. The first-order valence-electron chi connectivity index (χ1n) is 11.4. The third-order valence-electron chi connectivity index (χ3n) is 5.84. The lowest BCUT2D eigenvalue weighted by Gasteiger charge is -2.26. The summed E-state index contributed by atoms with van der Waals surface area (Å²) in [6.45, 7) is 4.90. The zero-order chi connectivity index (χ0) is 24.3. The van der Waals surface area contributed by atoms with Gasteiger partial charge in [0, 0.05) is 61.1 Å². The number of morpholine rings is 1.